The molecule has 2 saturated carbocycles. The molecule has 5 N–H and O–H groups in total. The Balaban J connectivity index is 1.55. The Bertz CT molecular complexity index is 1190. The monoisotopic (exact) mass is 509 g/mol. The molecule has 0 saturated heterocycles. The van der Waals surface area contributed by atoms with Crippen molar-refractivity contribution in [3.8, 4) is 10.6 Å². The predicted molar refractivity (Wildman–Crippen MR) is 126 cm³/mol. The van der Waals surface area contributed by atoms with Crippen LogP contribution in [0, 0.1) is 18.8 Å². The Morgan fingerprint density at radius 3 is 2.49 bits per heavy atom. The Labute approximate surface area is 203 Å². The van der Waals surface area contributed by atoms with Gasteiger partial charge in [0.05, 0.1) is 33.6 Å². The Morgan fingerprint density at radius 2 is 1.86 bits per heavy atom. The third-order valence-electron chi connectivity index (χ3n) is 6.69. The second kappa shape index (κ2) is 9.16. The van der Waals surface area contributed by atoms with Crippen molar-refractivity contribution < 1.29 is 28.5 Å². The zero-order valence-electron chi connectivity index (χ0n) is 18.8. The zero-order chi connectivity index (χ0) is 24.9. The summed E-state index contributed by atoms with van der Waals surface area (Å²) in [4.78, 5) is 13.4. The molecule has 1 aromatic carbocycles. The smallest absolute Gasteiger partial charge is 0.396 e. The van der Waals surface area contributed by atoms with Gasteiger partial charge in [0.15, 0.2) is 0 Å². The van der Waals surface area contributed by atoms with Gasteiger partial charge in [-0.1, -0.05) is 12.1 Å². The molecule has 2 aromatic heterocycles. The third kappa shape index (κ3) is 4.80. The normalized spacial score (nSPS) is 25.7. The molecule has 0 unspecified atom stereocenters. The van der Waals surface area contributed by atoms with Crippen LogP contribution in [-0.4, -0.2) is 67.3 Å². The highest BCUT2D eigenvalue weighted by atomic mass is 32.1. The molecular formula is C23H26F3N5O3S. The summed E-state index contributed by atoms with van der Waals surface area (Å²) in [7, 11) is 0. The predicted octanol–water partition coefficient (Wildman–Crippen LogP) is 3.33. The second-order valence-corrected chi connectivity index (χ2v) is 10.3. The van der Waals surface area contributed by atoms with Crippen LogP contribution in [0.15, 0.2) is 24.3 Å². The summed E-state index contributed by atoms with van der Waals surface area (Å²) in [6.07, 6.45) is -5.53. The Hall–Kier alpha value is -2.54. The minimum atomic E-state index is -4.45. The summed E-state index contributed by atoms with van der Waals surface area (Å²) in [5.41, 5.74) is 1.70. The first-order valence-electron chi connectivity index (χ1n) is 11.5. The van der Waals surface area contributed by atoms with Gasteiger partial charge in [-0.3, -0.25) is 0 Å². The summed E-state index contributed by atoms with van der Waals surface area (Å²) in [5, 5.41) is 36.5. The van der Waals surface area contributed by atoms with E-state index in [4.69, 9.17) is 0 Å². The standard InChI is InChI=1S/C23H26F3N5O3S/c1-10-16(21-29-13-4-2-3-5-15(13)35-21)20(28-14-8-12(9-32)17(33)18(14)34)31-22(27-10)30-19(11-6-7-11)23(24,25)26/h2-5,11-12,14,17-19,32-34H,6-9H2,1H3,(H2,27,28,30,31)/t12-,14-,17-,18+,19+/m1/s1. The number of hydrogen-bond acceptors (Lipinski definition) is 9. The number of fused-ring (bicyclic) bond motifs is 1. The van der Waals surface area contributed by atoms with Gasteiger partial charge in [-0.25, -0.2) is 9.97 Å². The molecule has 35 heavy (non-hydrogen) atoms. The van der Waals surface area contributed by atoms with E-state index in [1.807, 2.05) is 24.3 Å². The third-order valence-corrected chi connectivity index (χ3v) is 7.74. The van der Waals surface area contributed by atoms with Crippen molar-refractivity contribution in [2.24, 2.45) is 11.8 Å². The number of hydrogen-bond donors (Lipinski definition) is 5. The molecule has 12 heteroatoms. The summed E-state index contributed by atoms with van der Waals surface area (Å²) in [6, 6.07) is 5.12. The van der Waals surface area contributed by atoms with Crippen LogP contribution >= 0.6 is 11.3 Å². The van der Waals surface area contributed by atoms with Crippen molar-refractivity contribution in [2.75, 3.05) is 17.2 Å². The van der Waals surface area contributed by atoms with Crippen LogP contribution in [0.4, 0.5) is 24.9 Å². The number of aryl methyl sites for hydroxylation is 1. The summed E-state index contributed by atoms with van der Waals surface area (Å²) >= 11 is 1.40. The number of rotatable bonds is 7. The quantitative estimate of drug-likeness (QED) is 0.329. The molecule has 2 heterocycles. The molecule has 5 rings (SSSR count). The molecule has 2 fully saturated rings. The molecule has 0 amide bonds. The maximum Gasteiger partial charge on any atom is 0.408 e. The Morgan fingerprint density at radius 1 is 1.11 bits per heavy atom. The fraction of sp³-hybridized carbons (Fsp3) is 0.522. The van der Waals surface area contributed by atoms with E-state index in [0.29, 0.717) is 29.1 Å². The van der Waals surface area contributed by atoms with E-state index in [9.17, 15) is 28.5 Å². The van der Waals surface area contributed by atoms with Crippen LogP contribution in [0.25, 0.3) is 20.8 Å². The largest absolute Gasteiger partial charge is 0.408 e. The molecule has 2 aliphatic carbocycles. The molecule has 2 aliphatic rings. The van der Waals surface area contributed by atoms with Crippen LogP contribution in [0.5, 0.6) is 0 Å². The first-order chi connectivity index (χ1) is 16.7. The van der Waals surface area contributed by atoms with Crippen LogP contribution in [0.1, 0.15) is 25.0 Å². The fourth-order valence-electron chi connectivity index (χ4n) is 4.64. The van der Waals surface area contributed by atoms with E-state index in [2.05, 4.69) is 25.6 Å². The zero-order valence-corrected chi connectivity index (χ0v) is 19.6. The van der Waals surface area contributed by atoms with Crippen molar-refractivity contribution in [1.29, 1.82) is 0 Å². The van der Waals surface area contributed by atoms with Gasteiger partial charge in [-0.15, -0.1) is 11.3 Å². The van der Waals surface area contributed by atoms with E-state index in [-0.39, 0.29) is 24.8 Å². The number of anilines is 2. The fourth-order valence-corrected chi connectivity index (χ4v) is 5.70. The van der Waals surface area contributed by atoms with Crippen molar-refractivity contribution in [1.82, 2.24) is 15.0 Å². The maximum absolute atomic E-state index is 13.6. The van der Waals surface area contributed by atoms with Crippen molar-refractivity contribution in [2.45, 2.75) is 56.7 Å². The lowest BCUT2D eigenvalue weighted by Crippen LogP contribution is -2.39. The van der Waals surface area contributed by atoms with E-state index in [1.165, 1.54) is 11.3 Å². The first kappa shape index (κ1) is 24.2. The van der Waals surface area contributed by atoms with E-state index in [1.54, 1.807) is 6.92 Å². The highest BCUT2D eigenvalue weighted by Crippen LogP contribution is 2.42. The maximum atomic E-state index is 13.6. The van der Waals surface area contributed by atoms with Gasteiger partial charge >= 0.3 is 6.18 Å². The van der Waals surface area contributed by atoms with Crippen molar-refractivity contribution in [3.05, 3.63) is 30.0 Å². The molecule has 0 spiro atoms. The molecule has 188 valence electrons. The number of thiazole rings is 1. The molecule has 8 nitrogen and oxygen atoms in total. The van der Waals surface area contributed by atoms with Crippen LogP contribution < -0.4 is 10.6 Å². The number of aromatic nitrogens is 3. The van der Waals surface area contributed by atoms with Gasteiger partial charge in [0.25, 0.3) is 0 Å². The van der Waals surface area contributed by atoms with Crippen molar-refractivity contribution in [3.63, 3.8) is 0 Å². The van der Waals surface area contributed by atoms with Crippen LogP contribution in [0.3, 0.4) is 0 Å². The SMILES string of the molecule is Cc1nc(N[C@@H](C2CC2)C(F)(F)F)nc(N[C@@H]2C[C@H](CO)[C@@H](O)[C@H]2O)c1-c1nc2ccccc2s1. The summed E-state index contributed by atoms with van der Waals surface area (Å²) in [6.45, 7) is 1.38. The molecule has 3 aromatic rings. The summed E-state index contributed by atoms with van der Waals surface area (Å²) < 4.78 is 41.8. The number of nitrogens with zero attached hydrogens (tertiary/aromatic N) is 3. The van der Waals surface area contributed by atoms with E-state index >= 15 is 0 Å². The average molecular weight is 510 g/mol. The van der Waals surface area contributed by atoms with E-state index in [0.717, 1.165) is 10.2 Å². The topological polar surface area (TPSA) is 123 Å². The number of alkyl halides is 3. The number of nitrogens with one attached hydrogen (secondary N) is 2. The summed E-state index contributed by atoms with van der Waals surface area (Å²) in [5.74, 6) is -1.00. The molecule has 0 bridgehead atoms. The number of aliphatic hydroxyl groups is 3. The van der Waals surface area contributed by atoms with Gasteiger partial charge < -0.3 is 26.0 Å². The van der Waals surface area contributed by atoms with Gasteiger partial charge in [0, 0.05) is 12.5 Å². The van der Waals surface area contributed by atoms with Crippen LogP contribution in [-0.2, 0) is 0 Å². The lowest BCUT2D eigenvalue weighted by molar-refractivity contribution is -0.146. The average Bonchev–Trinajstić information content (AvgIpc) is 3.49. The molecule has 0 radical (unpaired) electrons. The number of halogens is 3. The Kier molecular flexibility index (Phi) is 6.32. The van der Waals surface area contributed by atoms with Crippen molar-refractivity contribution >= 4 is 33.3 Å². The number of para-hydroxylation sites is 1. The first-order valence-corrected chi connectivity index (χ1v) is 12.3. The molecule has 5 atom stereocenters. The lowest BCUT2D eigenvalue weighted by Gasteiger charge is -2.24. The number of aliphatic hydroxyl groups excluding tert-OH is 3. The van der Waals surface area contributed by atoms with Gasteiger partial charge in [-0.05, 0) is 44.2 Å². The highest BCUT2D eigenvalue weighted by molar-refractivity contribution is 7.21. The molecular weight excluding hydrogens is 483 g/mol. The molecule has 0 aliphatic heterocycles. The van der Waals surface area contributed by atoms with Crippen LogP contribution in [0.2, 0.25) is 0 Å². The van der Waals surface area contributed by atoms with Gasteiger partial charge in [0.1, 0.15) is 23.0 Å². The van der Waals surface area contributed by atoms with Gasteiger partial charge in [-0.2, -0.15) is 18.2 Å². The van der Waals surface area contributed by atoms with E-state index < -0.39 is 42.3 Å². The second-order valence-electron chi connectivity index (χ2n) is 9.25. The highest BCUT2D eigenvalue weighted by Gasteiger charge is 2.49. The lowest BCUT2D eigenvalue weighted by atomic mass is 10.1. The van der Waals surface area contributed by atoms with Gasteiger partial charge in [0.2, 0.25) is 5.95 Å². The minimum Gasteiger partial charge on any atom is -0.396 e. The number of benzene rings is 1. The minimum absolute atomic E-state index is 0.171.